The van der Waals surface area contributed by atoms with Crippen LogP contribution < -0.4 is 10.2 Å². The van der Waals surface area contributed by atoms with Crippen LogP contribution in [0.15, 0.2) is 0 Å². The van der Waals surface area contributed by atoms with E-state index in [1.165, 1.54) is 4.88 Å². The molecule has 1 aliphatic carbocycles. The van der Waals surface area contributed by atoms with E-state index in [0.717, 1.165) is 43.1 Å². The summed E-state index contributed by atoms with van der Waals surface area (Å²) < 4.78 is 24.8. The molecule has 0 saturated carbocycles. The van der Waals surface area contributed by atoms with Crippen LogP contribution in [0.4, 0.5) is 13.9 Å². The maximum absolute atomic E-state index is 12.4. The lowest BCUT2D eigenvalue weighted by Crippen LogP contribution is -2.24. The molecule has 0 aromatic carbocycles. The van der Waals surface area contributed by atoms with Crippen molar-refractivity contribution in [2.75, 3.05) is 25.0 Å². The summed E-state index contributed by atoms with van der Waals surface area (Å²) in [7, 11) is 1.69. The minimum atomic E-state index is -2.32. The van der Waals surface area contributed by atoms with Crippen molar-refractivity contribution in [2.45, 2.75) is 45.1 Å². The molecular weight excluding hydrogens is 268 g/mol. The Kier molecular flexibility index (Phi) is 5.10. The van der Waals surface area contributed by atoms with E-state index < -0.39 is 6.43 Å². The molecule has 6 heteroatoms. The van der Waals surface area contributed by atoms with E-state index in [1.807, 2.05) is 0 Å². The number of thiazole rings is 1. The first kappa shape index (κ1) is 14.7. The lowest BCUT2D eigenvalue weighted by Gasteiger charge is -2.22. The van der Waals surface area contributed by atoms with Gasteiger partial charge in [0.25, 0.3) is 6.43 Å². The van der Waals surface area contributed by atoms with Crippen LogP contribution in [-0.2, 0) is 6.42 Å². The number of nitrogens with zero attached hydrogens (tertiary/aromatic N) is 2. The third kappa shape index (κ3) is 3.63. The van der Waals surface area contributed by atoms with Crippen LogP contribution in [0.1, 0.15) is 42.8 Å². The van der Waals surface area contributed by atoms with E-state index in [2.05, 4.69) is 17.2 Å². The van der Waals surface area contributed by atoms with Crippen LogP contribution in [0.5, 0.6) is 0 Å². The number of aryl methyl sites for hydroxylation is 1. The molecule has 0 saturated heterocycles. The van der Waals surface area contributed by atoms with E-state index >= 15 is 0 Å². The lowest BCUT2D eigenvalue weighted by atomic mass is 9.98. The summed E-state index contributed by atoms with van der Waals surface area (Å²) in [6, 6.07) is 0.356. The van der Waals surface area contributed by atoms with Gasteiger partial charge in [-0.2, -0.15) is 0 Å². The van der Waals surface area contributed by atoms with Gasteiger partial charge < -0.3 is 10.2 Å². The van der Waals surface area contributed by atoms with Gasteiger partial charge in [0.05, 0.1) is 12.2 Å². The Labute approximate surface area is 117 Å². The zero-order valence-electron chi connectivity index (χ0n) is 11.5. The minimum absolute atomic E-state index is 0.251. The number of alkyl halides is 2. The predicted octanol–water partition coefficient (Wildman–Crippen LogP) is 3.22. The zero-order valence-corrected chi connectivity index (χ0v) is 12.3. The molecule has 2 rings (SSSR count). The average Bonchev–Trinajstić information content (AvgIpc) is 2.80. The highest BCUT2D eigenvalue weighted by Crippen LogP contribution is 2.37. The highest BCUT2D eigenvalue weighted by atomic mass is 32.1. The monoisotopic (exact) mass is 289 g/mol. The van der Waals surface area contributed by atoms with Gasteiger partial charge in [0.2, 0.25) is 0 Å². The van der Waals surface area contributed by atoms with Crippen molar-refractivity contribution in [2.24, 2.45) is 0 Å². The molecule has 1 aliphatic rings. The molecule has 1 aromatic heterocycles. The molecule has 19 heavy (non-hydrogen) atoms. The van der Waals surface area contributed by atoms with Crippen molar-refractivity contribution in [1.29, 1.82) is 0 Å². The third-order valence-electron chi connectivity index (χ3n) is 3.32. The van der Waals surface area contributed by atoms with Gasteiger partial charge >= 0.3 is 0 Å². The first-order chi connectivity index (χ1) is 9.11. The molecule has 0 fully saturated rings. The van der Waals surface area contributed by atoms with Gasteiger partial charge in [-0.15, -0.1) is 0 Å². The van der Waals surface area contributed by atoms with Gasteiger partial charge in [0.1, 0.15) is 0 Å². The number of anilines is 1. The van der Waals surface area contributed by atoms with Crippen molar-refractivity contribution in [1.82, 2.24) is 10.3 Å². The fourth-order valence-electron chi connectivity index (χ4n) is 2.37. The van der Waals surface area contributed by atoms with Gasteiger partial charge in [-0.3, -0.25) is 0 Å². The fraction of sp³-hybridized carbons (Fsp3) is 0.769. The summed E-state index contributed by atoms with van der Waals surface area (Å²) in [4.78, 5) is 7.34. The summed E-state index contributed by atoms with van der Waals surface area (Å²) in [5.41, 5.74) is 1.10. The molecule has 1 atom stereocenters. The summed E-state index contributed by atoms with van der Waals surface area (Å²) in [6.45, 7) is 2.88. The smallest absolute Gasteiger partial charge is 0.255 e. The van der Waals surface area contributed by atoms with Gasteiger partial charge in [0.15, 0.2) is 5.13 Å². The standard InChI is InChI=1S/C13H21F2N3S/c1-3-7-16-9-5-4-6-10-12(9)19-13(17-10)18(2)8-11(14)15/h9,11,16H,3-8H2,1-2H3. The molecule has 1 aromatic rings. The van der Waals surface area contributed by atoms with Crippen LogP contribution in [-0.4, -0.2) is 31.5 Å². The van der Waals surface area contributed by atoms with Crippen molar-refractivity contribution in [3.8, 4) is 0 Å². The van der Waals surface area contributed by atoms with Gasteiger partial charge in [-0.25, -0.2) is 13.8 Å². The van der Waals surface area contributed by atoms with Crippen LogP contribution in [0.3, 0.4) is 0 Å². The molecule has 0 spiro atoms. The lowest BCUT2D eigenvalue weighted by molar-refractivity contribution is 0.156. The van der Waals surface area contributed by atoms with Crippen LogP contribution in [0.25, 0.3) is 0 Å². The molecule has 108 valence electrons. The van der Waals surface area contributed by atoms with Gasteiger partial charge in [0, 0.05) is 18.0 Å². The number of aromatic nitrogens is 1. The van der Waals surface area contributed by atoms with E-state index in [0.29, 0.717) is 6.04 Å². The van der Waals surface area contributed by atoms with E-state index in [9.17, 15) is 8.78 Å². The van der Waals surface area contributed by atoms with Crippen LogP contribution >= 0.6 is 11.3 Å². The molecule has 0 amide bonds. The van der Waals surface area contributed by atoms with E-state index in [-0.39, 0.29) is 6.54 Å². The molecule has 1 unspecified atom stereocenters. The van der Waals surface area contributed by atoms with Crippen LogP contribution in [0.2, 0.25) is 0 Å². The number of nitrogens with one attached hydrogen (secondary N) is 1. The summed E-state index contributed by atoms with van der Waals surface area (Å²) in [5, 5.41) is 4.24. The predicted molar refractivity (Wildman–Crippen MR) is 75.4 cm³/mol. The molecule has 0 radical (unpaired) electrons. The Morgan fingerprint density at radius 2 is 2.32 bits per heavy atom. The summed E-state index contributed by atoms with van der Waals surface area (Å²) >= 11 is 1.56. The minimum Gasteiger partial charge on any atom is -0.345 e. The summed E-state index contributed by atoms with van der Waals surface area (Å²) in [6.07, 6.45) is 1.99. The number of fused-ring (bicyclic) bond motifs is 1. The maximum atomic E-state index is 12.4. The number of rotatable bonds is 6. The SMILES string of the molecule is CCCNC1CCCc2nc(N(C)CC(F)F)sc21. The number of hydrogen-bond donors (Lipinski definition) is 1. The zero-order chi connectivity index (χ0) is 13.8. The third-order valence-corrected chi connectivity index (χ3v) is 4.64. The molecular formula is C13H21F2N3S. The van der Waals surface area contributed by atoms with E-state index in [1.54, 1.807) is 23.3 Å². The van der Waals surface area contributed by atoms with Crippen molar-refractivity contribution >= 4 is 16.5 Å². The van der Waals surface area contributed by atoms with E-state index in [4.69, 9.17) is 0 Å². The second-order valence-corrected chi connectivity index (χ2v) is 5.99. The van der Waals surface area contributed by atoms with Gasteiger partial charge in [-0.05, 0) is 32.2 Å². The maximum Gasteiger partial charge on any atom is 0.255 e. The van der Waals surface area contributed by atoms with Crippen molar-refractivity contribution in [3.05, 3.63) is 10.6 Å². The Bertz CT molecular complexity index is 409. The normalized spacial score (nSPS) is 18.7. The second kappa shape index (κ2) is 6.61. The highest BCUT2D eigenvalue weighted by Gasteiger charge is 2.25. The molecule has 0 aliphatic heterocycles. The van der Waals surface area contributed by atoms with Crippen molar-refractivity contribution < 1.29 is 8.78 Å². The Morgan fingerprint density at radius 3 is 3.00 bits per heavy atom. The quantitative estimate of drug-likeness (QED) is 0.871. The highest BCUT2D eigenvalue weighted by molar-refractivity contribution is 7.15. The second-order valence-electron chi connectivity index (χ2n) is 4.98. The Morgan fingerprint density at radius 1 is 1.53 bits per heavy atom. The molecule has 0 bridgehead atoms. The van der Waals surface area contributed by atoms with Crippen LogP contribution in [0, 0.1) is 0 Å². The molecule has 3 nitrogen and oxygen atoms in total. The molecule has 1 N–H and O–H groups in total. The Hall–Kier alpha value is -0.750. The van der Waals surface area contributed by atoms with Gasteiger partial charge in [-0.1, -0.05) is 18.3 Å². The summed E-state index contributed by atoms with van der Waals surface area (Å²) in [5.74, 6) is 0. The largest absolute Gasteiger partial charge is 0.345 e. The first-order valence-electron chi connectivity index (χ1n) is 6.84. The number of halogens is 2. The number of hydrogen-bond acceptors (Lipinski definition) is 4. The Balaban J connectivity index is 2.11. The van der Waals surface area contributed by atoms with Crippen molar-refractivity contribution in [3.63, 3.8) is 0 Å². The average molecular weight is 289 g/mol. The molecule has 1 heterocycles. The first-order valence-corrected chi connectivity index (χ1v) is 7.65. The fourth-order valence-corrected chi connectivity index (χ4v) is 3.56. The topological polar surface area (TPSA) is 28.2 Å².